The number of carbonyl (C=O) groups is 4. The zero-order valence-corrected chi connectivity index (χ0v) is 55.4. The number of carboxylic acids is 1. The molecule has 2 N–H and O–H groups in total. The van der Waals surface area contributed by atoms with Crippen LogP contribution in [0, 0.1) is 23.7 Å². The van der Waals surface area contributed by atoms with Gasteiger partial charge in [0.2, 0.25) is 17.8 Å². The average molecular weight is 1320 g/mol. The number of hydrogen-bond acceptors (Lipinski definition) is 11. The first-order chi connectivity index (χ1) is 44.6. The predicted octanol–water partition coefficient (Wildman–Crippen LogP) is 15.4. The van der Waals surface area contributed by atoms with E-state index < -0.39 is 71.0 Å². The molecule has 4 aromatic rings. The van der Waals surface area contributed by atoms with Crippen molar-refractivity contribution in [3.8, 4) is 23.0 Å². The standard InChI is InChI=1S/C36H46F2N2O5.C19H25NO6.C17H23F2N.CH3F.CH4/c1-34(2,3)45-33(42)39-22-28(35(23-39)17-19-44-31-27(35)13-8-14-30(31)43-4)32(41)40-18-15-25(24-10-6-5-7-11-24)20-29(40)26-12-9-16-36(37,38)21-26;1-18(2,3)26-17(23)20-10-13(16(21)22)19(11-20)8-9-25-15-12(19)6-5-7-14(15)24-4;18-17(19)9-4-7-15(12-17)16-11-14(8-10-20-16)13-5-2-1-3-6-13;1-2;/h5-8,10-11,13-14,25-26,28-29H,9,12,15-23H2,1-4H3;5-7,13H,8-11H2,1-4H3,(H,21,22);1-3,5-6,14-16,20H,4,7-12H2;1H3;1H4/t25-,26?,28+,29+,35+;13-,19-;14-,15?,16+;;/m101../s1/i;;;1D;. The second-order valence-corrected chi connectivity index (χ2v) is 28.7. The summed E-state index contributed by atoms with van der Waals surface area (Å²) in [5, 5.41) is 13.4. The van der Waals surface area contributed by atoms with Gasteiger partial charge in [0.05, 0.1) is 47.8 Å². The van der Waals surface area contributed by atoms with Crippen molar-refractivity contribution in [2.75, 3.05) is 73.9 Å². The van der Waals surface area contributed by atoms with Gasteiger partial charge in [0, 0.05) is 92.4 Å². The van der Waals surface area contributed by atoms with E-state index in [4.69, 9.17) is 29.8 Å². The molecule has 10 atom stereocenters. The van der Waals surface area contributed by atoms with Gasteiger partial charge >= 0.3 is 18.2 Å². The molecule has 4 saturated heterocycles. The molecule has 4 aromatic carbocycles. The Hall–Kier alpha value is -6.83. The van der Waals surface area contributed by atoms with Crippen molar-refractivity contribution in [1.82, 2.24) is 20.0 Å². The highest BCUT2D eigenvalue weighted by molar-refractivity contribution is 5.84. The normalized spacial score (nSPS) is 28.4. The number of para-hydroxylation sites is 2. The number of carbonyl (C=O) groups excluding carboxylic acids is 3. The predicted molar refractivity (Wildman–Crippen MR) is 351 cm³/mol. The number of piperidine rings is 2. The van der Waals surface area contributed by atoms with Gasteiger partial charge in [-0.2, -0.15) is 0 Å². The van der Waals surface area contributed by atoms with Crippen LogP contribution in [0.15, 0.2) is 97.1 Å². The molecule has 2 unspecified atom stereocenters. The van der Waals surface area contributed by atoms with E-state index in [1.54, 1.807) is 46.0 Å². The van der Waals surface area contributed by atoms with Crippen LogP contribution in [0.1, 0.15) is 174 Å². The molecule has 3 amide bonds. The summed E-state index contributed by atoms with van der Waals surface area (Å²) >= 11 is 0. The summed E-state index contributed by atoms with van der Waals surface area (Å²) in [5.41, 5.74) is 1.40. The monoisotopic (exact) mass is 1320 g/mol. The number of hydrogen-bond donors (Lipinski definition) is 2. The number of amides is 3. The van der Waals surface area contributed by atoms with Gasteiger partial charge in [-0.3, -0.25) is 14.0 Å². The molecular weight excluding hydrogens is 1220 g/mol. The lowest BCUT2D eigenvalue weighted by molar-refractivity contribution is -0.146. The van der Waals surface area contributed by atoms with E-state index in [0.717, 1.165) is 43.4 Å². The summed E-state index contributed by atoms with van der Waals surface area (Å²) in [6, 6.07) is 31.9. The van der Waals surface area contributed by atoms with Gasteiger partial charge in [-0.05, 0) is 159 Å². The number of likely N-dealkylation sites (tertiary alicyclic amines) is 3. The molecule has 0 bridgehead atoms. The van der Waals surface area contributed by atoms with Crippen molar-refractivity contribution < 1.29 is 76.0 Å². The molecule has 94 heavy (non-hydrogen) atoms. The van der Waals surface area contributed by atoms with Gasteiger partial charge in [0.1, 0.15) is 11.2 Å². The van der Waals surface area contributed by atoms with Crippen LogP contribution in [-0.4, -0.2) is 153 Å². The van der Waals surface area contributed by atoms with Crippen molar-refractivity contribution in [2.45, 2.75) is 197 Å². The summed E-state index contributed by atoms with van der Waals surface area (Å²) in [6.45, 7) is 13.9. The Morgan fingerprint density at radius 3 is 1.54 bits per heavy atom. The number of methoxy groups -OCH3 is 2. The third kappa shape index (κ3) is 16.7. The largest absolute Gasteiger partial charge is 0.493 e. The molecule has 6 fully saturated rings. The summed E-state index contributed by atoms with van der Waals surface area (Å²) in [5.74, 6) is -4.58. The number of ether oxygens (including phenoxy) is 6. The minimum Gasteiger partial charge on any atom is -0.493 e. The Morgan fingerprint density at radius 2 is 1.07 bits per heavy atom. The van der Waals surface area contributed by atoms with Crippen LogP contribution in [0.5, 0.6) is 23.0 Å². The Kier molecular flexibility index (Phi) is 23.2. The smallest absolute Gasteiger partial charge is 0.410 e. The van der Waals surface area contributed by atoms with Gasteiger partial charge in [-0.1, -0.05) is 92.4 Å². The molecule has 0 radical (unpaired) electrons. The third-order valence-corrected chi connectivity index (χ3v) is 20.4. The van der Waals surface area contributed by atoms with Crippen LogP contribution < -0.4 is 24.3 Å². The number of nitrogens with one attached hydrogen (secondary N) is 1. The molecule has 6 aliphatic heterocycles. The van der Waals surface area contributed by atoms with Crippen LogP contribution in [0.4, 0.5) is 31.5 Å². The number of nitrogens with zero attached hydrogens (tertiary/aromatic N) is 3. The zero-order valence-electron chi connectivity index (χ0n) is 56.4. The summed E-state index contributed by atoms with van der Waals surface area (Å²) in [4.78, 5) is 58.2. The maximum atomic E-state index is 15.0. The Bertz CT molecular complexity index is 3210. The lowest BCUT2D eigenvalue weighted by Gasteiger charge is -2.48. The Morgan fingerprint density at radius 1 is 0.617 bits per heavy atom. The van der Waals surface area contributed by atoms with Gasteiger partial charge in [-0.15, -0.1) is 0 Å². The number of fused-ring (bicyclic) bond motifs is 4. The second-order valence-electron chi connectivity index (χ2n) is 28.7. The maximum Gasteiger partial charge on any atom is 0.410 e. The van der Waals surface area contributed by atoms with Crippen molar-refractivity contribution in [3.05, 3.63) is 119 Å². The lowest BCUT2D eigenvalue weighted by atomic mass is 9.67. The molecule has 8 aliphatic rings. The number of benzene rings is 4. The minimum atomic E-state index is -2.73. The van der Waals surface area contributed by atoms with E-state index >= 15 is 4.79 Å². The quantitative estimate of drug-likeness (QED) is 0.161. The molecule has 2 saturated carbocycles. The molecule has 6 heterocycles. The molecule has 15 nitrogen and oxygen atoms in total. The Balaban J connectivity index is 0.000000195. The number of aliphatic carboxylic acids is 1. The van der Waals surface area contributed by atoms with Crippen LogP contribution in [0.2, 0.25) is 0 Å². The first kappa shape index (κ1) is 71.5. The molecule has 12 rings (SSSR count). The van der Waals surface area contributed by atoms with E-state index in [1.807, 2.05) is 80.3 Å². The number of alkyl halides is 5. The summed E-state index contributed by atoms with van der Waals surface area (Å²) < 4.78 is 107. The topological polar surface area (TPSA) is 166 Å². The fourth-order valence-corrected chi connectivity index (χ4v) is 16.2. The average Bonchev–Trinajstić information content (AvgIpc) is 1.65. The minimum absolute atomic E-state index is 0. The van der Waals surface area contributed by atoms with Crippen molar-refractivity contribution in [3.63, 3.8) is 0 Å². The first-order valence-electron chi connectivity index (χ1n) is 33.9. The highest BCUT2D eigenvalue weighted by atomic mass is 19.3. The van der Waals surface area contributed by atoms with Gasteiger partial charge in [0.25, 0.3) is 0 Å². The highest BCUT2D eigenvalue weighted by Crippen LogP contribution is 2.55. The second kappa shape index (κ2) is 30.5. The molecule has 2 aliphatic carbocycles. The Labute approximate surface area is 554 Å². The van der Waals surface area contributed by atoms with Gasteiger partial charge in [-0.25, -0.2) is 27.2 Å². The number of halogens is 5. The van der Waals surface area contributed by atoms with E-state index in [-0.39, 0.29) is 88.5 Å². The van der Waals surface area contributed by atoms with E-state index in [2.05, 4.69) is 41.7 Å². The fourth-order valence-electron chi connectivity index (χ4n) is 16.2. The number of carboxylic acid groups (broad SMARTS) is 1. The number of rotatable bonds is 8. The van der Waals surface area contributed by atoms with Crippen molar-refractivity contribution >= 4 is 24.1 Å². The van der Waals surface area contributed by atoms with E-state index in [0.29, 0.717) is 93.7 Å². The third-order valence-electron chi connectivity index (χ3n) is 20.4. The molecule has 20 heteroatoms. The fraction of sp³-hybridized carbons (Fsp3) is 0.622. The van der Waals surface area contributed by atoms with Crippen molar-refractivity contribution in [1.29, 1.82) is 0 Å². The van der Waals surface area contributed by atoms with Crippen LogP contribution in [0.25, 0.3) is 0 Å². The van der Waals surface area contributed by atoms with Gasteiger partial charge in [0.15, 0.2) is 23.0 Å². The zero-order chi connectivity index (χ0) is 67.8. The maximum absolute atomic E-state index is 15.0. The highest BCUT2D eigenvalue weighted by Gasteiger charge is 2.59. The summed E-state index contributed by atoms with van der Waals surface area (Å²) in [6.07, 6.45) is 6.26. The molecule has 0 aromatic heterocycles. The molecular formula is C74H101F5N4O11. The first-order valence-corrected chi connectivity index (χ1v) is 33.2. The van der Waals surface area contributed by atoms with Crippen LogP contribution >= 0.6 is 0 Å². The van der Waals surface area contributed by atoms with Crippen LogP contribution in [0.3, 0.4) is 0 Å². The molecule has 2 spiro atoms. The SMILES string of the molecule is C.COc1cccc2c1OCC[C@]21CN(C(=O)OC(C)(C)C)C[C@H]1C(=O)N1CC[C@@H](c2ccccc2)C[C@H]1C1CCCC(F)(F)C1.COc1cccc2c1OCC[C@]21CN(C(=O)OC(C)(C)C)C[C@H]1C(=O)O.FC1(F)CCCC([C@@H]2C[C@H](c3ccccc3)CCN2)C1.[2H]CF. The van der Waals surface area contributed by atoms with Gasteiger partial charge < -0.3 is 53.5 Å². The van der Waals surface area contributed by atoms with E-state index in [9.17, 15) is 41.4 Å². The van der Waals surface area contributed by atoms with Crippen LogP contribution in [-0.2, 0) is 29.9 Å². The van der Waals surface area contributed by atoms with E-state index in [1.165, 1.54) is 16.0 Å². The molecule has 518 valence electrons. The summed E-state index contributed by atoms with van der Waals surface area (Å²) in [7, 11) is 2.14. The lowest BCUT2D eigenvalue weighted by Crippen LogP contribution is -2.56. The van der Waals surface area contributed by atoms with Crippen molar-refractivity contribution in [2.24, 2.45) is 23.7 Å².